The normalized spacial score (nSPS) is 16.5. The molecule has 0 saturated carbocycles. The van der Waals surface area contributed by atoms with E-state index in [4.69, 9.17) is 15.2 Å². The van der Waals surface area contributed by atoms with Crippen molar-refractivity contribution in [1.29, 1.82) is 0 Å². The first-order valence-corrected chi connectivity index (χ1v) is 8.63. The second kappa shape index (κ2) is 7.48. The fourth-order valence-corrected chi connectivity index (χ4v) is 3.58. The summed E-state index contributed by atoms with van der Waals surface area (Å²) in [6.45, 7) is 0. The fourth-order valence-electron chi connectivity index (χ4n) is 2.48. The Kier molecular flexibility index (Phi) is 5.12. The summed E-state index contributed by atoms with van der Waals surface area (Å²) < 4.78 is 10.5. The summed E-state index contributed by atoms with van der Waals surface area (Å²) in [7, 11) is 3.08. The number of hydrazine groups is 1. The van der Waals surface area contributed by atoms with Crippen LogP contribution in [0.1, 0.15) is 21.4 Å². The first kappa shape index (κ1) is 17.8. The Morgan fingerprint density at radius 2 is 2.00 bits per heavy atom. The topological polar surface area (TPSA) is 120 Å². The number of ether oxygens (including phenoxy) is 2. The lowest BCUT2D eigenvalue weighted by Gasteiger charge is -2.25. The van der Waals surface area contributed by atoms with Crippen molar-refractivity contribution in [2.45, 2.75) is 5.37 Å². The predicted molar refractivity (Wildman–Crippen MR) is 95.5 cm³/mol. The summed E-state index contributed by atoms with van der Waals surface area (Å²) >= 11 is 1.38. The third kappa shape index (κ3) is 3.36. The van der Waals surface area contributed by atoms with E-state index >= 15 is 0 Å². The zero-order valence-corrected chi connectivity index (χ0v) is 14.9. The number of aromatic nitrogens is 2. The number of thioether (sulfide) groups is 1. The number of benzene rings is 1. The van der Waals surface area contributed by atoms with E-state index in [2.05, 4.69) is 15.4 Å². The number of methoxy groups -OCH3 is 2. The SMILES string of the molecule is COc1ccc(C2SCC(=O)N2NC(=O)c2nccnc2N)cc1OC. The first-order valence-electron chi connectivity index (χ1n) is 7.58. The van der Waals surface area contributed by atoms with Crippen molar-refractivity contribution >= 4 is 29.4 Å². The molecule has 1 saturated heterocycles. The molecule has 2 heterocycles. The second-order valence-corrected chi connectivity index (χ2v) is 6.34. The molecule has 0 radical (unpaired) electrons. The van der Waals surface area contributed by atoms with Crippen molar-refractivity contribution in [3.8, 4) is 11.5 Å². The molecule has 9 nitrogen and oxygen atoms in total. The molecule has 1 aliphatic rings. The van der Waals surface area contributed by atoms with Crippen LogP contribution in [0.25, 0.3) is 0 Å². The van der Waals surface area contributed by atoms with Crippen molar-refractivity contribution in [1.82, 2.24) is 20.4 Å². The number of nitrogen functional groups attached to an aromatic ring is 1. The van der Waals surface area contributed by atoms with Gasteiger partial charge < -0.3 is 15.2 Å². The van der Waals surface area contributed by atoms with Gasteiger partial charge in [0.2, 0.25) is 0 Å². The first-order chi connectivity index (χ1) is 12.5. The molecule has 1 aromatic carbocycles. The molecule has 3 rings (SSSR count). The summed E-state index contributed by atoms with van der Waals surface area (Å²) in [6, 6.07) is 5.33. The molecule has 1 atom stereocenters. The molecular weight excluding hydrogens is 358 g/mol. The molecule has 0 bridgehead atoms. The Labute approximate surface area is 153 Å². The molecule has 0 aliphatic carbocycles. The zero-order chi connectivity index (χ0) is 18.7. The van der Waals surface area contributed by atoms with E-state index in [0.717, 1.165) is 5.56 Å². The van der Waals surface area contributed by atoms with E-state index in [9.17, 15) is 9.59 Å². The lowest BCUT2D eigenvalue weighted by molar-refractivity contribution is -0.130. The van der Waals surface area contributed by atoms with Gasteiger partial charge in [0, 0.05) is 12.4 Å². The summed E-state index contributed by atoms with van der Waals surface area (Å²) in [4.78, 5) is 32.4. The number of carbonyl (C=O) groups is 2. The van der Waals surface area contributed by atoms with Crippen molar-refractivity contribution in [2.75, 3.05) is 25.7 Å². The number of hydrogen-bond donors (Lipinski definition) is 2. The van der Waals surface area contributed by atoms with Gasteiger partial charge in [-0.1, -0.05) is 6.07 Å². The highest BCUT2D eigenvalue weighted by Gasteiger charge is 2.35. The number of hydrogen-bond acceptors (Lipinski definition) is 8. The Morgan fingerprint density at radius 3 is 2.69 bits per heavy atom. The van der Waals surface area contributed by atoms with Gasteiger partial charge in [0.25, 0.3) is 11.8 Å². The van der Waals surface area contributed by atoms with Crippen molar-refractivity contribution in [3.05, 3.63) is 41.9 Å². The van der Waals surface area contributed by atoms with E-state index in [0.29, 0.717) is 11.5 Å². The summed E-state index contributed by atoms with van der Waals surface area (Å²) in [5, 5.41) is 0.853. The highest BCUT2D eigenvalue weighted by molar-refractivity contribution is 8.00. The summed E-state index contributed by atoms with van der Waals surface area (Å²) in [5.74, 6) is 0.507. The second-order valence-electron chi connectivity index (χ2n) is 5.27. The van der Waals surface area contributed by atoms with Gasteiger partial charge in [-0.2, -0.15) is 0 Å². The minimum absolute atomic E-state index is 0.00744. The van der Waals surface area contributed by atoms with Crippen LogP contribution in [0.2, 0.25) is 0 Å². The van der Waals surface area contributed by atoms with E-state index in [1.165, 1.54) is 36.3 Å². The molecule has 1 aliphatic heterocycles. The number of rotatable bonds is 5. The number of nitrogens with zero attached hydrogens (tertiary/aromatic N) is 3. The van der Waals surface area contributed by atoms with Gasteiger partial charge in [0.05, 0.1) is 20.0 Å². The molecule has 1 unspecified atom stereocenters. The van der Waals surface area contributed by atoms with Gasteiger partial charge in [-0.3, -0.25) is 15.0 Å². The molecule has 2 aromatic rings. The maximum absolute atomic E-state index is 12.4. The van der Waals surface area contributed by atoms with Gasteiger partial charge in [0.1, 0.15) is 5.37 Å². The maximum atomic E-state index is 12.4. The Morgan fingerprint density at radius 1 is 1.27 bits per heavy atom. The molecule has 3 N–H and O–H groups in total. The molecule has 1 aromatic heterocycles. The molecular formula is C16H17N5O4S. The van der Waals surface area contributed by atoms with Crippen LogP contribution in [0.4, 0.5) is 5.82 Å². The van der Waals surface area contributed by atoms with Crippen molar-refractivity contribution < 1.29 is 19.1 Å². The number of amides is 2. The predicted octanol–water partition coefficient (Wildman–Crippen LogP) is 0.995. The van der Waals surface area contributed by atoms with Crippen LogP contribution < -0.4 is 20.6 Å². The standard InChI is InChI=1S/C16H17N5O4S/c1-24-10-4-3-9(7-11(10)25-2)16-21(12(22)8-26-16)20-15(23)13-14(17)19-6-5-18-13/h3-7,16H,8H2,1-2H3,(H2,17,19)(H,20,23). The largest absolute Gasteiger partial charge is 0.493 e. The number of carbonyl (C=O) groups excluding carboxylic acids is 2. The van der Waals surface area contributed by atoms with E-state index in [-0.39, 0.29) is 23.2 Å². The lowest BCUT2D eigenvalue weighted by Crippen LogP contribution is -2.45. The van der Waals surface area contributed by atoms with Crippen LogP contribution in [0.5, 0.6) is 11.5 Å². The van der Waals surface area contributed by atoms with E-state index < -0.39 is 11.3 Å². The minimum atomic E-state index is -0.600. The quantitative estimate of drug-likeness (QED) is 0.794. The average molecular weight is 375 g/mol. The van der Waals surface area contributed by atoms with Crippen molar-refractivity contribution in [3.63, 3.8) is 0 Å². The molecule has 0 spiro atoms. The van der Waals surface area contributed by atoms with Gasteiger partial charge in [-0.25, -0.2) is 15.0 Å². The van der Waals surface area contributed by atoms with Crippen LogP contribution in [-0.2, 0) is 4.79 Å². The van der Waals surface area contributed by atoms with Crippen LogP contribution in [0.15, 0.2) is 30.6 Å². The van der Waals surface area contributed by atoms with Gasteiger partial charge >= 0.3 is 0 Å². The van der Waals surface area contributed by atoms with Crippen LogP contribution >= 0.6 is 11.8 Å². The summed E-state index contributed by atoms with van der Waals surface area (Å²) in [6.07, 6.45) is 2.74. The molecule has 1 fully saturated rings. The maximum Gasteiger partial charge on any atom is 0.292 e. The van der Waals surface area contributed by atoms with E-state index in [1.54, 1.807) is 19.2 Å². The molecule has 136 valence electrons. The molecule has 2 amide bonds. The molecule has 26 heavy (non-hydrogen) atoms. The van der Waals surface area contributed by atoms with Crippen LogP contribution in [0.3, 0.4) is 0 Å². The Hall–Kier alpha value is -3.01. The number of anilines is 1. The average Bonchev–Trinajstić information content (AvgIpc) is 3.02. The van der Waals surface area contributed by atoms with Crippen molar-refractivity contribution in [2.24, 2.45) is 0 Å². The van der Waals surface area contributed by atoms with Gasteiger partial charge in [0.15, 0.2) is 23.0 Å². The van der Waals surface area contributed by atoms with Gasteiger partial charge in [-0.05, 0) is 17.7 Å². The monoisotopic (exact) mass is 375 g/mol. The Bertz CT molecular complexity index is 847. The molecule has 10 heteroatoms. The third-order valence-corrected chi connectivity index (χ3v) is 4.94. The van der Waals surface area contributed by atoms with E-state index in [1.807, 2.05) is 6.07 Å². The lowest BCUT2D eigenvalue weighted by atomic mass is 10.2. The highest BCUT2D eigenvalue weighted by atomic mass is 32.2. The Balaban J connectivity index is 1.85. The summed E-state index contributed by atoms with van der Waals surface area (Å²) in [5.41, 5.74) is 8.99. The fraction of sp³-hybridized carbons (Fsp3) is 0.250. The van der Waals surface area contributed by atoms with Crippen LogP contribution in [-0.4, -0.2) is 46.8 Å². The minimum Gasteiger partial charge on any atom is -0.493 e. The highest BCUT2D eigenvalue weighted by Crippen LogP contribution is 2.40. The van der Waals surface area contributed by atoms with Crippen LogP contribution in [0, 0.1) is 0 Å². The third-order valence-electron chi connectivity index (χ3n) is 3.72. The van der Waals surface area contributed by atoms with Gasteiger partial charge in [-0.15, -0.1) is 11.8 Å². The smallest absolute Gasteiger partial charge is 0.292 e. The number of nitrogens with one attached hydrogen (secondary N) is 1. The number of nitrogens with two attached hydrogens (primary N) is 1. The zero-order valence-electron chi connectivity index (χ0n) is 14.1.